The van der Waals surface area contributed by atoms with Crippen molar-refractivity contribution in [2.75, 3.05) is 39.4 Å². The minimum Gasteiger partial charge on any atom is -0.350 e. The van der Waals surface area contributed by atoms with Crippen molar-refractivity contribution >= 4 is 0 Å². The average molecular weight is 188 g/mol. The first-order valence-corrected chi connectivity index (χ1v) is 4.75. The molecule has 2 aliphatic heterocycles. The highest BCUT2D eigenvalue weighted by Gasteiger charge is 2.21. The number of morpholine rings is 2. The molecule has 0 aromatic heterocycles. The number of nitrogens with one attached hydrogen (secondary N) is 2. The summed E-state index contributed by atoms with van der Waals surface area (Å²) in [6.45, 7) is 4.74. The van der Waals surface area contributed by atoms with Crippen LogP contribution in [0.3, 0.4) is 0 Å². The van der Waals surface area contributed by atoms with E-state index in [1.54, 1.807) is 0 Å². The Kier molecular flexibility index (Phi) is 3.51. The predicted octanol–water partition coefficient (Wildman–Crippen LogP) is -1.11. The number of hydrogen-bond acceptors (Lipinski definition) is 5. The smallest absolute Gasteiger partial charge is 0.173 e. The summed E-state index contributed by atoms with van der Waals surface area (Å²) in [4.78, 5) is 0. The van der Waals surface area contributed by atoms with Gasteiger partial charge in [0, 0.05) is 26.2 Å². The van der Waals surface area contributed by atoms with Gasteiger partial charge in [0.2, 0.25) is 0 Å². The first-order chi connectivity index (χ1) is 6.45. The molecule has 0 radical (unpaired) electrons. The molecule has 0 spiro atoms. The molecule has 0 amide bonds. The van der Waals surface area contributed by atoms with Crippen LogP contribution in [-0.4, -0.2) is 52.0 Å². The van der Waals surface area contributed by atoms with Crippen LogP contribution < -0.4 is 10.6 Å². The number of rotatable bonds is 2. The lowest BCUT2D eigenvalue weighted by Crippen LogP contribution is -2.47. The van der Waals surface area contributed by atoms with Gasteiger partial charge in [0.1, 0.15) is 0 Å². The fraction of sp³-hybridized carbons (Fsp3) is 1.00. The molecule has 5 heteroatoms. The van der Waals surface area contributed by atoms with Crippen LogP contribution in [0.4, 0.5) is 0 Å². The Morgan fingerprint density at radius 2 is 1.46 bits per heavy atom. The number of ether oxygens (including phenoxy) is 3. The van der Waals surface area contributed by atoms with Crippen molar-refractivity contribution in [3.8, 4) is 0 Å². The normalized spacial score (nSPS) is 36.0. The minimum atomic E-state index is -0.154. The van der Waals surface area contributed by atoms with E-state index in [1.807, 2.05) is 0 Å². The van der Waals surface area contributed by atoms with E-state index in [4.69, 9.17) is 14.2 Å². The summed E-state index contributed by atoms with van der Waals surface area (Å²) < 4.78 is 16.3. The van der Waals surface area contributed by atoms with Gasteiger partial charge >= 0.3 is 0 Å². The molecule has 2 heterocycles. The molecule has 2 saturated heterocycles. The zero-order valence-corrected chi connectivity index (χ0v) is 7.62. The second kappa shape index (κ2) is 4.88. The van der Waals surface area contributed by atoms with Crippen molar-refractivity contribution in [1.82, 2.24) is 10.6 Å². The SMILES string of the molecule is C1COC(OC2CNCCO2)CN1. The van der Waals surface area contributed by atoms with Gasteiger partial charge in [-0.1, -0.05) is 0 Å². The van der Waals surface area contributed by atoms with Crippen LogP contribution in [0.1, 0.15) is 0 Å². The second-order valence-corrected chi connectivity index (χ2v) is 3.15. The highest BCUT2D eigenvalue weighted by molar-refractivity contribution is 4.63. The summed E-state index contributed by atoms with van der Waals surface area (Å²) in [6, 6.07) is 0. The fourth-order valence-electron chi connectivity index (χ4n) is 1.43. The van der Waals surface area contributed by atoms with Crippen molar-refractivity contribution < 1.29 is 14.2 Å². The van der Waals surface area contributed by atoms with Crippen molar-refractivity contribution in [3.05, 3.63) is 0 Å². The molecule has 13 heavy (non-hydrogen) atoms. The van der Waals surface area contributed by atoms with E-state index < -0.39 is 0 Å². The van der Waals surface area contributed by atoms with Gasteiger partial charge in [-0.3, -0.25) is 0 Å². The van der Waals surface area contributed by atoms with Crippen LogP contribution in [0, 0.1) is 0 Å². The number of hydrogen-bond donors (Lipinski definition) is 2. The van der Waals surface area contributed by atoms with Crippen molar-refractivity contribution in [1.29, 1.82) is 0 Å². The van der Waals surface area contributed by atoms with Gasteiger partial charge < -0.3 is 24.8 Å². The van der Waals surface area contributed by atoms with Gasteiger partial charge in [0.05, 0.1) is 13.2 Å². The molecule has 2 fully saturated rings. The van der Waals surface area contributed by atoms with E-state index in [1.165, 1.54) is 0 Å². The summed E-state index contributed by atoms with van der Waals surface area (Å²) in [7, 11) is 0. The lowest BCUT2D eigenvalue weighted by molar-refractivity contribution is -0.253. The van der Waals surface area contributed by atoms with Crippen LogP contribution in [0.2, 0.25) is 0 Å². The van der Waals surface area contributed by atoms with E-state index in [0.29, 0.717) is 13.2 Å². The first kappa shape index (κ1) is 9.36. The molecule has 0 aromatic rings. The van der Waals surface area contributed by atoms with Crippen LogP contribution in [0.5, 0.6) is 0 Å². The summed E-state index contributed by atoms with van der Waals surface area (Å²) in [5.74, 6) is 0. The van der Waals surface area contributed by atoms with E-state index in [-0.39, 0.29) is 12.6 Å². The van der Waals surface area contributed by atoms with Gasteiger partial charge in [0.25, 0.3) is 0 Å². The zero-order valence-electron chi connectivity index (χ0n) is 7.62. The maximum Gasteiger partial charge on any atom is 0.173 e. The molecule has 0 saturated carbocycles. The molecule has 0 bridgehead atoms. The van der Waals surface area contributed by atoms with Gasteiger partial charge in [-0.05, 0) is 0 Å². The molecular formula is C8H16N2O3. The molecule has 2 rings (SSSR count). The molecular weight excluding hydrogens is 172 g/mol. The van der Waals surface area contributed by atoms with Crippen LogP contribution >= 0.6 is 0 Å². The van der Waals surface area contributed by atoms with Gasteiger partial charge in [-0.2, -0.15) is 0 Å². The molecule has 2 N–H and O–H groups in total. The summed E-state index contributed by atoms with van der Waals surface area (Å²) in [6.07, 6.45) is -0.308. The Balaban J connectivity index is 1.69. The standard InChI is InChI=1S/C8H16N2O3/c1-3-11-7(5-9-1)13-8-6-10-2-4-12-8/h7-10H,1-6H2. The molecule has 76 valence electrons. The summed E-state index contributed by atoms with van der Waals surface area (Å²) in [5.41, 5.74) is 0. The minimum absolute atomic E-state index is 0.154. The Morgan fingerprint density at radius 3 is 1.85 bits per heavy atom. The second-order valence-electron chi connectivity index (χ2n) is 3.15. The Hall–Kier alpha value is -0.200. The largest absolute Gasteiger partial charge is 0.350 e. The molecule has 2 aliphatic rings. The van der Waals surface area contributed by atoms with Crippen molar-refractivity contribution in [2.24, 2.45) is 0 Å². The van der Waals surface area contributed by atoms with Gasteiger partial charge in [-0.25, -0.2) is 0 Å². The maximum atomic E-state index is 5.56. The molecule has 0 aromatic carbocycles. The van der Waals surface area contributed by atoms with Crippen molar-refractivity contribution in [3.63, 3.8) is 0 Å². The average Bonchev–Trinajstić information content (AvgIpc) is 2.21. The van der Waals surface area contributed by atoms with Crippen molar-refractivity contribution in [2.45, 2.75) is 12.6 Å². The lowest BCUT2D eigenvalue weighted by Gasteiger charge is -2.30. The van der Waals surface area contributed by atoms with Gasteiger partial charge in [0.15, 0.2) is 12.6 Å². The highest BCUT2D eigenvalue weighted by Crippen LogP contribution is 2.05. The molecule has 2 unspecified atom stereocenters. The third kappa shape index (κ3) is 2.89. The topological polar surface area (TPSA) is 51.8 Å². The zero-order chi connectivity index (χ0) is 8.93. The van der Waals surface area contributed by atoms with Crippen LogP contribution in [0.25, 0.3) is 0 Å². The van der Waals surface area contributed by atoms with E-state index in [9.17, 15) is 0 Å². The Labute approximate surface area is 77.7 Å². The van der Waals surface area contributed by atoms with Crippen LogP contribution in [-0.2, 0) is 14.2 Å². The predicted molar refractivity (Wildman–Crippen MR) is 46.3 cm³/mol. The fourth-order valence-corrected chi connectivity index (χ4v) is 1.43. The quantitative estimate of drug-likeness (QED) is 0.576. The third-order valence-corrected chi connectivity index (χ3v) is 2.09. The van der Waals surface area contributed by atoms with E-state index in [0.717, 1.165) is 26.2 Å². The van der Waals surface area contributed by atoms with Gasteiger partial charge in [-0.15, -0.1) is 0 Å². The third-order valence-electron chi connectivity index (χ3n) is 2.09. The molecule has 0 aliphatic carbocycles. The molecule has 5 nitrogen and oxygen atoms in total. The maximum absolute atomic E-state index is 5.56. The monoisotopic (exact) mass is 188 g/mol. The van der Waals surface area contributed by atoms with E-state index >= 15 is 0 Å². The Bertz CT molecular complexity index is 128. The molecule has 2 atom stereocenters. The lowest BCUT2D eigenvalue weighted by atomic mass is 10.4. The first-order valence-electron chi connectivity index (χ1n) is 4.75. The summed E-state index contributed by atoms with van der Waals surface area (Å²) in [5, 5.41) is 6.40. The highest BCUT2D eigenvalue weighted by atomic mass is 16.8. The Morgan fingerprint density at radius 1 is 0.923 bits per heavy atom. The van der Waals surface area contributed by atoms with Crippen LogP contribution in [0.15, 0.2) is 0 Å². The van der Waals surface area contributed by atoms with E-state index in [2.05, 4.69) is 10.6 Å². The summed E-state index contributed by atoms with van der Waals surface area (Å²) >= 11 is 0.